The van der Waals surface area contributed by atoms with E-state index in [9.17, 15) is 8.42 Å². The van der Waals surface area contributed by atoms with Crippen LogP contribution in [0.1, 0.15) is 18.5 Å². The van der Waals surface area contributed by atoms with E-state index in [1.54, 1.807) is 12.1 Å². The van der Waals surface area contributed by atoms with E-state index < -0.39 is 10.0 Å². The van der Waals surface area contributed by atoms with Crippen LogP contribution in [0.4, 0.5) is 0 Å². The summed E-state index contributed by atoms with van der Waals surface area (Å²) in [5, 5.41) is 5.05. The summed E-state index contributed by atoms with van der Waals surface area (Å²) in [7, 11) is -3.56. The normalized spacial score (nSPS) is 18.6. The highest BCUT2D eigenvalue weighted by Crippen LogP contribution is 2.24. The van der Waals surface area contributed by atoms with Gasteiger partial charge in [0.15, 0.2) is 5.58 Å². The number of hydrogen-bond acceptors (Lipinski definition) is 7. The van der Waals surface area contributed by atoms with Crippen molar-refractivity contribution in [2.75, 3.05) is 13.1 Å². The standard InChI is InChI=1S/C17H17ClN4O4S/c18-12-8-19-17(20-9-12)25-13-4-3-7-22(10-13)27(23,24)11-15-14-5-1-2-6-16(14)26-21-15/h1-2,5-6,8-9,13H,3-4,7,10-11H2. The molecule has 0 saturated carbocycles. The zero-order valence-electron chi connectivity index (χ0n) is 14.3. The molecular formula is C17H17ClN4O4S. The molecule has 3 heterocycles. The zero-order chi connectivity index (χ0) is 18.9. The van der Waals surface area contributed by atoms with E-state index in [1.807, 2.05) is 12.1 Å². The molecule has 0 spiro atoms. The Balaban J connectivity index is 1.47. The van der Waals surface area contributed by atoms with E-state index >= 15 is 0 Å². The van der Waals surface area contributed by atoms with Gasteiger partial charge in [-0.15, -0.1) is 0 Å². The lowest BCUT2D eigenvalue weighted by atomic mass is 10.1. The van der Waals surface area contributed by atoms with Crippen LogP contribution < -0.4 is 4.74 Å². The lowest BCUT2D eigenvalue weighted by molar-refractivity contribution is 0.119. The molecular weight excluding hydrogens is 392 g/mol. The first-order valence-electron chi connectivity index (χ1n) is 8.46. The summed E-state index contributed by atoms with van der Waals surface area (Å²) >= 11 is 5.76. The van der Waals surface area contributed by atoms with Crippen LogP contribution in [-0.2, 0) is 15.8 Å². The smallest absolute Gasteiger partial charge is 0.316 e. The van der Waals surface area contributed by atoms with E-state index in [2.05, 4.69) is 15.1 Å². The van der Waals surface area contributed by atoms with Gasteiger partial charge in [-0.2, -0.15) is 4.31 Å². The first-order chi connectivity index (χ1) is 13.0. The molecule has 0 amide bonds. The number of halogens is 1. The lowest BCUT2D eigenvalue weighted by Crippen LogP contribution is -2.44. The van der Waals surface area contributed by atoms with Crippen molar-refractivity contribution in [3.05, 3.63) is 47.4 Å². The molecule has 3 aromatic rings. The SMILES string of the molecule is O=S(=O)(Cc1noc2ccccc12)N1CCCC(Oc2ncc(Cl)cn2)C1. The van der Waals surface area contributed by atoms with Crippen LogP contribution in [0.15, 0.2) is 41.2 Å². The van der Waals surface area contributed by atoms with Crippen LogP contribution >= 0.6 is 11.6 Å². The third-order valence-corrected chi connectivity index (χ3v) is 6.33. The molecule has 1 fully saturated rings. The molecule has 1 saturated heterocycles. The molecule has 1 aliphatic rings. The summed E-state index contributed by atoms with van der Waals surface area (Å²) in [6.45, 7) is 0.684. The number of benzene rings is 1. The van der Waals surface area contributed by atoms with Crippen molar-refractivity contribution >= 4 is 32.6 Å². The van der Waals surface area contributed by atoms with E-state index in [0.29, 0.717) is 34.7 Å². The van der Waals surface area contributed by atoms with Gasteiger partial charge >= 0.3 is 6.01 Å². The van der Waals surface area contributed by atoms with E-state index in [-0.39, 0.29) is 24.4 Å². The maximum absolute atomic E-state index is 12.9. The minimum absolute atomic E-state index is 0.186. The summed E-state index contributed by atoms with van der Waals surface area (Å²) in [6.07, 6.45) is 3.99. The van der Waals surface area contributed by atoms with Crippen LogP contribution in [0.2, 0.25) is 5.02 Å². The number of nitrogens with zero attached hydrogens (tertiary/aromatic N) is 4. The minimum atomic E-state index is -3.56. The van der Waals surface area contributed by atoms with E-state index in [0.717, 1.165) is 6.42 Å². The molecule has 8 nitrogen and oxygen atoms in total. The predicted octanol–water partition coefficient (Wildman–Crippen LogP) is 2.64. The third-order valence-electron chi connectivity index (χ3n) is 4.37. The molecule has 142 valence electrons. The fourth-order valence-corrected chi connectivity index (χ4v) is 4.71. The molecule has 27 heavy (non-hydrogen) atoms. The second-order valence-corrected chi connectivity index (χ2v) is 8.71. The van der Waals surface area contributed by atoms with Gasteiger partial charge in [0.05, 0.1) is 24.0 Å². The Morgan fingerprint density at radius 2 is 2.04 bits per heavy atom. The van der Waals surface area contributed by atoms with Crippen LogP contribution in [0.3, 0.4) is 0 Å². The van der Waals surface area contributed by atoms with Gasteiger partial charge in [-0.25, -0.2) is 18.4 Å². The Morgan fingerprint density at radius 1 is 1.26 bits per heavy atom. The van der Waals surface area contributed by atoms with Gasteiger partial charge in [0.1, 0.15) is 17.6 Å². The maximum atomic E-state index is 12.9. The topological polar surface area (TPSA) is 98.4 Å². The first-order valence-corrected chi connectivity index (χ1v) is 10.5. The van der Waals surface area contributed by atoms with Crippen molar-refractivity contribution in [1.82, 2.24) is 19.4 Å². The number of hydrogen-bond donors (Lipinski definition) is 0. The summed E-state index contributed by atoms with van der Waals surface area (Å²) in [5.74, 6) is -0.214. The number of ether oxygens (including phenoxy) is 1. The van der Waals surface area contributed by atoms with Crippen LogP contribution in [0, 0.1) is 0 Å². The first kappa shape index (κ1) is 18.1. The maximum Gasteiger partial charge on any atom is 0.316 e. The second-order valence-electron chi connectivity index (χ2n) is 6.31. The number of sulfonamides is 1. The molecule has 1 aromatic carbocycles. The quantitative estimate of drug-likeness (QED) is 0.639. The molecule has 0 N–H and O–H groups in total. The van der Waals surface area contributed by atoms with Crippen molar-refractivity contribution in [1.29, 1.82) is 0 Å². The highest BCUT2D eigenvalue weighted by atomic mass is 35.5. The monoisotopic (exact) mass is 408 g/mol. The molecule has 1 atom stereocenters. The van der Waals surface area contributed by atoms with Crippen molar-refractivity contribution in [3.8, 4) is 6.01 Å². The van der Waals surface area contributed by atoms with Crippen LogP contribution in [0.25, 0.3) is 11.0 Å². The van der Waals surface area contributed by atoms with Crippen molar-refractivity contribution in [2.45, 2.75) is 24.7 Å². The van der Waals surface area contributed by atoms with Crippen molar-refractivity contribution < 1.29 is 17.7 Å². The minimum Gasteiger partial charge on any atom is -0.459 e. The van der Waals surface area contributed by atoms with Gasteiger partial charge in [0, 0.05) is 11.9 Å². The molecule has 10 heteroatoms. The van der Waals surface area contributed by atoms with Crippen LogP contribution in [0.5, 0.6) is 6.01 Å². The van der Waals surface area contributed by atoms with Gasteiger partial charge in [0.25, 0.3) is 0 Å². The molecule has 2 aromatic heterocycles. The van der Waals surface area contributed by atoms with E-state index in [1.165, 1.54) is 16.7 Å². The Hall–Kier alpha value is -2.23. The Labute approximate surface area is 161 Å². The predicted molar refractivity (Wildman–Crippen MR) is 98.9 cm³/mol. The van der Waals surface area contributed by atoms with Crippen LogP contribution in [-0.4, -0.2) is 47.0 Å². The third kappa shape index (κ3) is 4.05. The molecule has 1 aliphatic heterocycles. The molecule has 0 radical (unpaired) electrons. The zero-order valence-corrected chi connectivity index (χ0v) is 15.9. The summed E-state index contributed by atoms with van der Waals surface area (Å²) in [4.78, 5) is 8.00. The number of para-hydroxylation sites is 1. The average Bonchev–Trinajstić information content (AvgIpc) is 3.06. The molecule has 4 rings (SSSR count). The largest absolute Gasteiger partial charge is 0.459 e. The fourth-order valence-electron chi connectivity index (χ4n) is 3.07. The Bertz CT molecular complexity index is 1040. The molecule has 0 bridgehead atoms. The summed E-state index contributed by atoms with van der Waals surface area (Å²) in [6, 6.07) is 7.39. The number of rotatable bonds is 5. The summed E-state index contributed by atoms with van der Waals surface area (Å²) < 4.78 is 38.1. The van der Waals surface area contributed by atoms with Gasteiger partial charge in [-0.3, -0.25) is 0 Å². The number of piperidine rings is 1. The lowest BCUT2D eigenvalue weighted by Gasteiger charge is -2.31. The highest BCUT2D eigenvalue weighted by molar-refractivity contribution is 7.88. The number of aromatic nitrogens is 3. The summed E-state index contributed by atoms with van der Waals surface area (Å²) in [5.41, 5.74) is 0.983. The van der Waals surface area contributed by atoms with Gasteiger partial charge in [-0.05, 0) is 25.0 Å². The highest BCUT2D eigenvalue weighted by Gasteiger charge is 2.31. The number of fused-ring (bicyclic) bond motifs is 1. The van der Waals surface area contributed by atoms with Gasteiger partial charge in [-0.1, -0.05) is 28.9 Å². The Morgan fingerprint density at radius 3 is 2.85 bits per heavy atom. The molecule has 0 aliphatic carbocycles. The second kappa shape index (κ2) is 7.41. The van der Waals surface area contributed by atoms with Crippen molar-refractivity contribution in [3.63, 3.8) is 0 Å². The Kier molecular flexibility index (Phi) is 4.98. The van der Waals surface area contributed by atoms with E-state index in [4.69, 9.17) is 20.9 Å². The van der Waals surface area contributed by atoms with Crippen molar-refractivity contribution in [2.24, 2.45) is 0 Å². The average molecular weight is 409 g/mol. The molecule has 1 unspecified atom stereocenters. The van der Waals surface area contributed by atoms with Gasteiger partial charge < -0.3 is 9.26 Å². The fraction of sp³-hybridized carbons (Fsp3) is 0.353. The van der Waals surface area contributed by atoms with Gasteiger partial charge in [0.2, 0.25) is 10.0 Å².